The highest BCUT2D eigenvalue weighted by atomic mass is 16.8. The van der Waals surface area contributed by atoms with E-state index in [9.17, 15) is 24.0 Å². The number of hydrogen-bond donors (Lipinski definition) is 0. The molecule has 0 spiro atoms. The molecule has 5 aromatic rings. The van der Waals surface area contributed by atoms with Gasteiger partial charge in [0.1, 0.15) is 12.7 Å². The Morgan fingerprint density at radius 2 is 0.788 bits per heavy atom. The van der Waals surface area contributed by atoms with Gasteiger partial charge in [-0.15, -0.1) is 0 Å². The Morgan fingerprint density at radius 1 is 0.442 bits per heavy atom. The molecular weight excluding hydrogens is 668 g/mol. The third-order valence-electron chi connectivity index (χ3n) is 7.97. The van der Waals surface area contributed by atoms with E-state index >= 15 is 0 Å². The summed E-state index contributed by atoms with van der Waals surface area (Å²) in [5.41, 5.74) is 0.837. The van der Waals surface area contributed by atoms with Gasteiger partial charge in [0.25, 0.3) is 0 Å². The molecule has 52 heavy (non-hydrogen) atoms. The molecule has 262 valence electrons. The molecule has 1 aliphatic heterocycles. The second kappa shape index (κ2) is 16.9. The van der Waals surface area contributed by atoms with Crippen LogP contribution in [0.5, 0.6) is 0 Å². The SMILES string of the molecule is O=C(OC[C@H](OC(=O)c1ccccc1)[C@@H]1OC(OC(=O)c2ccccc2)[C@H](OC(=O)c2ccccc2)[C@H]1OC(=O)c1ccccc1)c1ccccc1. The number of carbonyl (C=O) groups excluding carboxylic acids is 5. The Labute approximate surface area is 298 Å². The van der Waals surface area contributed by atoms with Crippen molar-refractivity contribution in [2.45, 2.75) is 30.7 Å². The third kappa shape index (κ3) is 8.76. The fourth-order valence-corrected chi connectivity index (χ4v) is 5.37. The van der Waals surface area contributed by atoms with Crippen LogP contribution >= 0.6 is 0 Å². The molecule has 0 amide bonds. The summed E-state index contributed by atoms with van der Waals surface area (Å²) in [4.78, 5) is 67.0. The normalized spacial score (nSPS) is 18.3. The van der Waals surface area contributed by atoms with Crippen molar-refractivity contribution in [2.75, 3.05) is 6.61 Å². The Hall–Kier alpha value is -6.59. The van der Waals surface area contributed by atoms with Crippen molar-refractivity contribution in [1.29, 1.82) is 0 Å². The van der Waals surface area contributed by atoms with Crippen LogP contribution in [0, 0.1) is 0 Å². The monoisotopic (exact) mass is 700 g/mol. The minimum absolute atomic E-state index is 0.146. The highest BCUT2D eigenvalue weighted by molar-refractivity contribution is 5.92. The van der Waals surface area contributed by atoms with Crippen LogP contribution in [0.4, 0.5) is 0 Å². The van der Waals surface area contributed by atoms with Crippen LogP contribution in [0.15, 0.2) is 152 Å². The summed E-state index contributed by atoms with van der Waals surface area (Å²) in [6.07, 6.45) is -7.79. The van der Waals surface area contributed by atoms with E-state index < -0.39 is 67.2 Å². The number of hydrogen-bond acceptors (Lipinski definition) is 11. The van der Waals surface area contributed by atoms with E-state index in [1.54, 1.807) is 103 Å². The molecule has 5 atom stereocenters. The summed E-state index contributed by atoms with van der Waals surface area (Å²) in [5.74, 6) is -4.08. The highest BCUT2D eigenvalue weighted by Crippen LogP contribution is 2.33. The van der Waals surface area contributed by atoms with Crippen LogP contribution in [-0.4, -0.2) is 67.2 Å². The van der Waals surface area contributed by atoms with E-state index in [0.29, 0.717) is 0 Å². The van der Waals surface area contributed by atoms with Crippen LogP contribution < -0.4 is 0 Å². The summed E-state index contributed by atoms with van der Waals surface area (Å²) < 4.78 is 35.3. The first-order valence-electron chi connectivity index (χ1n) is 16.3. The van der Waals surface area contributed by atoms with Crippen molar-refractivity contribution in [1.82, 2.24) is 0 Å². The number of benzene rings is 5. The summed E-state index contributed by atoms with van der Waals surface area (Å²) in [6, 6.07) is 40.1. The molecule has 0 radical (unpaired) electrons. The largest absolute Gasteiger partial charge is 0.458 e. The second-order valence-corrected chi connectivity index (χ2v) is 11.5. The Morgan fingerprint density at radius 3 is 1.21 bits per heavy atom. The van der Waals surface area contributed by atoms with Gasteiger partial charge in [0.05, 0.1) is 27.8 Å². The van der Waals surface area contributed by atoms with E-state index in [4.69, 9.17) is 28.4 Å². The van der Waals surface area contributed by atoms with Gasteiger partial charge in [0.15, 0.2) is 12.2 Å². The van der Waals surface area contributed by atoms with Crippen molar-refractivity contribution in [3.8, 4) is 0 Å². The lowest BCUT2D eigenvalue weighted by Crippen LogP contribution is -2.47. The fraction of sp³-hybridized carbons (Fsp3) is 0.146. The van der Waals surface area contributed by atoms with Crippen LogP contribution in [0.25, 0.3) is 0 Å². The first-order chi connectivity index (χ1) is 25.4. The minimum atomic E-state index is -1.68. The lowest BCUT2D eigenvalue weighted by molar-refractivity contribution is -0.156. The maximum atomic E-state index is 13.6. The maximum Gasteiger partial charge on any atom is 0.340 e. The van der Waals surface area contributed by atoms with Crippen molar-refractivity contribution in [2.24, 2.45) is 0 Å². The van der Waals surface area contributed by atoms with Crippen molar-refractivity contribution < 1.29 is 52.4 Å². The second-order valence-electron chi connectivity index (χ2n) is 11.5. The topological polar surface area (TPSA) is 141 Å². The average Bonchev–Trinajstić information content (AvgIpc) is 3.52. The zero-order valence-electron chi connectivity index (χ0n) is 27.5. The minimum Gasteiger partial charge on any atom is -0.458 e. The lowest BCUT2D eigenvalue weighted by atomic mass is 10.0. The molecule has 11 nitrogen and oxygen atoms in total. The molecular formula is C41H32O11. The zero-order valence-corrected chi connectivity index (χ0v) is 27.5. The van der Waals surface area contributed by atoms with Crippen LogP contribution in [0.3, 0.4) is 0 Å². The summed E-state index contributed by atoms with van der Waals surface area (Å²) in [7, 11) is 0. The molecule has 11 heteroatoms. The summed E-state index contributed by atoms with van der Waals surface area (Å²) in [5, 5.41) is 0. The van der Waals surface area contributed by atoms with Gasteiger partial charge in [0.2, 0.25) is 12.4 Å². The quantitative estimate of drug-likeness (QED) is 0.110. The first-order valence-corrected chi connectivity index (χ1v) is 16.3. The average molecular weight is 701 g/mol. The predicted octanol–water partition coefficient (Wildman–Crippen LogP) is 6.10. The number of carbonyl (C=O) groups is 5. The van der Waals surface area contributed by atoms with Crippen LogP contribution in [-0.2, 0) is 28.4 Å². The van der Waals surface area contributed by atoms with E-state index in [2.05, 4.69) is 0 Å². The molecule has 5 aromatic carbocycles. The van der Waals surface area contributed by atoms with Crippen LogP contribution in [0.2, 0.25) is 0 Å². The fourth-order valence-electron chi connectivity index (χ4n) is 5.37. The number of rotatable bonds is 12. The number of esters is 5. The molecule has 1 saturated heterocycles. The van der Waals surface area contributed by atoms with Gasteiger partial charge in [-0.05, 0) is 60.7 Å². The highest BCUT2D eigenvalue weighted by Gasteiger charge is 2.56. The van der Waals surface area contributed by atoms with Crippen molar-refractivity contribution >= 4 is 29.8 Å². The van der Waals surface area contributed by atoms with Gasteiger partial charge < -0.3 is 28.4 Å². The molecule has 0 aliphatic carbocycles. The molecule has 6 rings (SSSR count). The predicted molar refractivity (Wildman–Crippen MR) is 184 cm³/mol. The molecule has 1 heterocycles. The Bertz CT molecular complexity index is 1970. The lowest BCUT2D eigenvalue weighted by Gasteiger charge is -2.28. The van der Waals surface area contributed by atoms with Gasteiger partial charge >= 0.3 is 29.8 Å². The van der Waals surface area contributed by atoms with E-state index in [1.165, 1.54) is 48.5 Å². The third-order valence-corrected chi connectivity index (χ3v) is 7.97. The Kier molecular flexibility index (Phi) is 11.4. The van der Waals surface area contributed by atoms with Crippen LogP contribution in [0.1, 0.15) is 51.8 Å². The van der Waals surface area contributed by atoms with E-state index in [0.717, 1.165) is 0 Å². The van der Waals surface area contributed by atoms with Crippen molar-refractivity contribution in [3.05, 3.63) is 179 Å². The molecule has 0 saturated carbocycles. The van der Waals surface area contributed by atoms with E-state index in [-0.39, 0.29) is 27.8 Å². The molecule has 0 N–H and O–H groups in total. The van der Waals surface area contributed by atoms with E-state index in [1.807, 2.05) is 0 Å². The van der Waals surface area contributed by atoms with Gasteiger partial charge in [-0.25, -0.2) is 24.0 Å². The summed E-state index contributed by atoms with van der Waals surface area (Å²) in [6.45, 7) is -0.588. The Balaban J connectivity index is 1.38. The van der Waals surface area contributed by atoms with Gasteiger partial charge in [-0.1, -0.05) is 91.0 Å². The van der Waals surface area contributed by atoms with Gasteiger partial charge in [-0.3, -0.25) is 0 Å². The molecule has 1 unspecified atom stereocenters. The zero-order chi connectivity index (χ0) is 36.3. The van der Waals surface area contributed by atoms with Gasteiger partial charge in [-0.2, -0.15) is 0 Å². The smallest absolute Gasteiger partial charge is 0.340 e. The summed E-state index contributed by atoms with van der Waals surface area (Å²) >= 11 is 0. The number of ether oxygens (including phenoxy) is 6. The molecule has 0 aromatic heterocycles. The standard InChI is InChI=1S/C41H32O11/c42-36(27-16-6-1-7-17-27)47-26-32(48-37(43)28-18-8-2-9-19-28)33-34(49-38(44)29-20-10-3-11-21-29)35(50-39(45)30-22-12-4-13-23-30)41(51-33)52-40(46)31-24-14-5-15-25-31/h1-25,32-35,41H,26H2/t32-,33-,34-,35+,41?/m0/s1. The molecule has 0 bridgehead atoms. The first kappa shape index (κ1) is 35.2. The van der Waals surface area contributed by atoms with Gasteiger partial charge in [0, 0.05) is 0 Å². The maximum absolute atomic E-state index is 13.6. The van der Waals surface area contributed by atoms with Crippen molar-refractivity contribution in [3.63, 3.8) is 0 Å². The molecule has 1 fully saturated rings. The molecule has 1 aliphatic rings.